The Morgan fingerprint density at radius 3 is 2.42 bits per heavy atom. The van der Waals surface area contributed by atoms with Gasteiger partial charge in [0, 0.05) is 12.6 Å². The van der Waals surface area contributed by atoms with Gasteiger partial charge in [-0.3, -0.25) is 0 Å². The molecule has 3 unspecified atom stereocenters. The molecule has 0 bridgehead atoms. The third kappa shape index (κ3) is 4.44. The van der Waals surface area contributed by atoms with Crippen molar-refractivity contribution in [1.29, 1.82) is 0 Å². The number of aliphatic hydroxyl groups is 1. The summed E-state index contributed by atoms with van der Waals surface area (Å²) in [7, 11) is 2.18. The van der Waals surface area contributed by atoms with E-state index in [1.807, 2.05) is 0 Å². The lowest BCUT2D eigenvalue weighted by Gasteiger charge is -2.38. The molecule has 0 spiro atoms. The van der Waals surface area contributed by atoms with E-state index >= 15 is 0 Å². The molecule has 3 nitrogen and oxygen atoms in total. The van der Waals surface area contributed by atoms with Crippen molar-refractivity contribution >= 4 is 0 Å². The third-order valence-corrected chi connectivity index (χ3v) is 5.32. The van der Waals surface area contributed by atoms with Gasteiger partial charge in [-0.1, -0.05) is 38.5 Å². The first-order valence-corrected chi connectivity index (χ1v) is 8.29. The van der Waals surface area contributed by atoms with Gasteiger partial charge in [-0.2, -0.15) is 0 Å². The topological polar surface area (TPSA) is 49.5 Å². The van der Waals surface area contributed by atoms with Gasteiger partial charge >= 0.3 is 0 Å². The van der Waals surface area contributed by atoms with Gasteiger partial charge in [0.2, 0.25) is 0 Å². The van der Waals surface area contributed by atoms with E-state index < -0.39 is 0 Å². The number of nitrogens with two attached hydrogens (primary N) is 1. The van der Waals surface area contributed by atoms with Crippen molar-refractivity contribution < 1.29 is 5.11 Å². The number of hydrogen-bond donors (Lipinski definition) is 2. The van der Waals surface area contributed by atoms with Crippen molar-refractivity contribution in [3.63, 3.8) is 0 Å². The minimum absolute atomic E-state index is 0.145. The first kappa shape index (κ1) is 15.3. The molecular formula is C16H32N2O. The van der Waals surface area contributed by atoms with Gasteiger partial charge in [0.1, 0.15) is 0 Å². The molecule has 3 heteroatoms. The number of nitrogens with zero attached hydrogens (tertiary/aromatic N) is 1. The summed E-state index contributed by atoms with van der Waals surface area (Å²) in [5.74, 6) is 1.41. The highest BCUT2D eigenvalue weighted by molar-refractivity contribution is 4.84. The Hall–Kier alpha value is -0.120. The first-order chi connectivity index (χ1) is 9.20. The van der Waals surface area contributed by atoms with E-state index in [9.17, 15) is 5.11 Å². The second-order valence-electron chi connectivity index (χ2n) is 6.83. The number of rotatable bonds is 6. The largest absolute Gasteiger partial charge is 0.392 e. The lowest BCUT2D eigenvalue weighted by Crippen LogP contribution is -2.46. The Kier molecular flexibility index (Phi) is 6.11. The smallest absolute Gasteiger partial charge is 0.0669 e. The van der Waals surface area contributed by atoms with Gasteiger partial charge in [-0.25, -0.2) is 0 Å². The summed E-state index contributed by atoms with van der Waals surface area (Å²) >= 11 is 0. The number of hydrogen-bond acceptors (Lipinski definition) is 3. The van der Waals surface area contributed by atoms with Crippen LogP contribution in [0.4, 0.5) is 0 Å². The molecule has 0 aromatic rings. The fourth-order valence-corrected chi connectivity index (χ4v) is 4.22. The Labute approximate surface area is 118 Å². The van der Waals surface area contributed by atoms with E-state index in [2.05, 4.69) is 11.9 Å². The van der Waals surface area contributed by atoms with Gasteiger partial charge in [0.05, 0.1) is 6.10 Å². The number of likely N-dealkylation sites (N-methyl/N-ethyl adjacent to an activating group) is 1. The molecule has 0 aromatic heterocycles. The van der Waals surface area contributed by atoms with E-state index in [-0.39, 0.29) is 6.10 Å². The molecule has 0 heterocycles. The van der Waals surface area contributed by atoms with Crippen LogP contribution in [-0.2, 0) is 0 Å². The summed E-state index contributed by atoms with van der Waals surface area (Å²) in [6.45, 7) is 1.63. The van der Waals surface area contributed by atoms with Crippen LogP contribution in [0.25, 0.3) is 0 Å². The second kappa shape index (κ2) is 7.61. The van der Waals surface area contributed by atoms with Crippen LogP contribution >= 0.6 is 0 Å². The van der Waals surface area contributed by atoms with Crippen molar-refractivity contribution in [3.8, 4) is 0 Å². The maximum atomic E-state index is 10.3. The van der Waals surface area contributed by atoms with Crippen LogP contribution in [0.5, 0.6) is 0 Å². The van der Waals surface area contributed by atoms with Crippen LogP contribution < -0.4 is 5.73 Å². The maximum absolute atomic E-state index is 10.3. The van der Waals surface area contributed by atoms with Crippen molar-refractivity contribution in [2.75, 3.05) is 20.1 Å². The van der Waals surface area contributed by atoms with Gasteiger partial charge < -0.3 is 15.7 Å². The summed E-state index contributed by atoms with van der Waals surface area (Å²) in [5.41, 5.74) is 5.91. The van der Waals surface area contributed by atoms with Gasteiger partial charge in [0.25, 0.3) is 0 Å². The van der Waals surface area contributed by atoms with E-state index in [0.29, 0.717) is 12.0 Å². The zero-order valence-electron chi connectivity index (χ0n) is 12.6. The molecule has 2 rings (SSSR count). The normalized spacial score (nSPS) is 30.9. The molecule has 3 atom stereocenters. The molecule has 2 saturated carbocycles. The van der Waals surface area contributed by atoms with Crippen molar-refractivity contribution in [2.24, 2.45) is 17.6 Å². The van der Waals surface area contributed by atoms with Gasteiger partial charge in [-0.05, 0) is 44.7 Å². The Morgan fingerprint density at radius 1 is 1.11 bits per heavy atom. The molecule has 0 aliphatic heterocycles. The summed E-state index contributed by atoms with van der Waals surface area (Å²) in [5, 5.41) is 10.3. The monoisotopic (exact) mass is 268 g/mol. The third-order valence-electron chi connectivity index (χ3n) is 5.32. The predicted molar refractivity (Wildman–Crippen MR) is 80.0 cm³/mol. The molecule has 0 radical (unpaired) electrons. The first-order valence-electron chi connectivity index (χ1n) is 8.29. The second-order valence-corrected chi connectivity index (χ2v) is 6.83. The molecular weight excluding hydrogens is 236 g/mol. The van der Waals surface area contributed by atoms with Crippen molar-refractivity contribution in [1.82, 2.24) is 4.90 Å². The van der Waals surface area contributed by atoms with Crippen LogP contribution in [0.1, 0.15) is 57.8 Å². The lowest BCUT2D eigenvalue weighted by molar-refractivity contribution is 0.0565. The summed E-state index contributed by atoms with van der Waals surface area (Å²) < 4.78 is 0. The minimum atomic E-state index is -0.145. The van der Waals surface area contributed by atoms with E-state index in [1.54, 1.807) is 0 Å². The zero-order valence-corrected chi connectivity index (χ0v) is 12.6. The van der Waals surface area contributed by atoms with Crippen LogP contribution in [0.2, 0.25) is 0 Å². The van der Waals surface area contributed by atoms with Gasteiger partial charge in [0.15, 0.2) is 0 Å². The average molecular weight is 268 g/mol. The van der Waals surface area contributed by atoms with Gasteiger partial charge in [-0.15, -0.1) is 0 Å². The Balaban J connectivity index is 1.76. The van der Waals surface area contributed by atoms with Crippen LogP contribution in [-0.4, -0.2) is 42.3 Å². The van der Waals surface area contributed by atoms with E-state index in [4.69, 9.17) is 5.73 Å². The molecule has 19 heavy (non-hydrogen) atoms. The highest BCUT2D eigenvalue weighted by atomic mass is 16.3. The SMILES string of the molecule is CN(CC(O)CC1CCCC1)C1CCCCC1CN. The van der Waals surface area contributed by atoms with Crippen LogP contribution in [0, 0.1) is 11.8 Å². The molecule has 112 valence electrons. The molecule has 2 aliphatic carbocycles. The molecule has 3 N–H and O–H groups in total. The highest BCUT2D eigenvalue weighted by Gasteiger charge is 2.28. The number of aliphatic hydroxyl groups excluding tert-OH is 1. The highest BCUT2D eigenvalue weighted by Crippen LogP contribution is 2.30. The van der Waals surface area contributed by atoms with E-state index in [0.717, 1.165) is 25.4 Å². The fourth-order valence-electron chi connectivity index (χ4n) is 4.22. The lowest BCUT2D eigenvalue weighted by atomic mass is 9.83. The molecule has 0 amide bonds. The van der Waals surface area contributed by atoms with Crippen LogP contribution in [0.15, 0.2) is 0 Å². The summed E-state index contributed by atoms with van der Waals surface area (Å²) in [4.78, 5) is 2.39. The van der Waals surface area contributed by atoms with Crippen molar-refractivity contribution in [3.05, 3.63) is 0 Å². The maximum Gasteiger partial charge on any atom is 0.0669 e. The molecule has 2 fully saturated rings. The Bertz CT molecular complexity index is 253. The van der Waals surface area contributed by atoms with Crippen molar-refractivity contribution in [2.45, 2.75) is 69.9 Å². The van der Waals surface area contributed by atoms with E-state index in [1.165, 1.54) is 51.4 Å². The van der Waals surface area contributed by atoms with Crippen LogP contribution in [0.3, 0.4) is 0 Å². The molecule has 2 aliphatic rings. The fraction of sp³-hybridized carbons (Fsp3) is 1.00. The zero-order chi connectivity index (χ0) is 13.7. The standard InChI is InChI=1S/C16H32N2O/c1-18(16-9-5-4-8-14(16)11-17)12-15(19)10-13-6-2-3-7-13/h13-16,19H,2-12,17H2,1H3. The average Bonchev–Trinajstić information content (AvgIpc) is 2.91. The minimum Gasteiger partial charge on any atom is -0.392 e. The predicted octanol–water partition coefficient (Wildman–Crippen LogP) is 2.38. The summed E-state index contributed by atoms with van der Waals surface area (Å²) in [6, 6.07) is 0.594. The Morgan fingerprint density at radius 2 is 1.74 bits per heavy atom. The summed E-state index contributed by atoms with van der Waals surface area (Å²) in [6.07, 6.45) is 11.4. The molecule has 0 aromatic carbocycles. The quantitative estimate of drug-likeness (QED) is 0.777. The molecule has 0 saturated heterocycles.